The summed E-state index contributed by atoms with van der Waals surface area (Å²) in [5.41, 5.74) is 0. The Morgan fingerprint density at radius 3 is 2.59 bits per heavy atom. The molecule has 1 heterocycles. The van der Waals surface area contributed by atoms with Gasteiger partial charge in [-0.25, -0.2) is 4.79 Å². The Kier molecular flexibility index (Phi) is 7.44. The van der Waals surface area contributed by atoms with Crippen LogP contribution in [0.4, 0.5) is 18.0 Å². The van der Waals surface area contributed by atoms with Crippen LogP contribution in [0.1, 0.15) is 11.3 Å². The van der Waals surface area contributed by atoms with Gasteiger partial charge in [-0.15, -0.1) is 11.3 Å². The number of nitrogens with one attached hydrogen (secondary N) is 1. The average Bonchev–Trinajstić information content (AvgIpc) is 2.77. The first-order valence-electron chi connectivity index (χ1n) is 6.66. The highest BCUT2D eigenvalue weighted by Gasteiger charge is 2.28. The molecular weight excluding hydrogens is 339 g/mol. The number of rotatable bonds is 7. The number of nitrogens with zero attached hydrogens (tertiary/aromatic N) is 2. The summed E-state index contributed by atoms with van der Waals surface area (Å²) in [5, 5.41) is 2.68. The van der Waals surface area contributed by atoms with Crippen LogP contribution in [0, 0.1) is 0 Å². The van der Waals surface area contributed by atoms with Gasteiger partial charge in [0.25, 0.3) is 0 Å². The molecule has 0 bridgehead atoms. The topological polar surface area (TPSA) is 35.6 Å². The summed E-state index contributed by atoms with van der Waals surface area (Å²) in [6.07, 6.45) is -3.74. The molecule has 0 fully saturated rings. The maximum absolute atomic E-state index is 12.1. The van der Waals surface area contributed by atoms with E-state index in [-0.39, 0.29) is 12.6 Å². The highest BCUT2D eigenvalue weighted by Crippen LogP contribution is 2.22. The molecule has 0 aliphatic rings. The quantitative estimate of drug-likeness (QED) is 0.759. The molecule has 0 radical (unpaired) electrons. The van der Waals surface area contributed by atoms with Crippen molar-refractivity contribution in [2.45, 2.75) is 19.1 Å². The molecule has 0 aromatic carbocycles. The van der Waals surface area contributed by atoms with Crippen molar-refractivity contribution in [3.05, 3.63) is 21.3 Å². The maximum atomic E-state index is 12.1. The van der Waals surface area contributed by atoms with Gasteiger partial charge in [0.2, 0.25) is 0 Å². The van der Waals surface area contributed by atoms with E-state index in [1.807, 2.05) is 6.07 Å². The second-order valence-corrected chi connectivity index (χ2v) is 6.80. The minimum Gasteiger partial charge on any atom is -0.338 e. The highest BCUT2D eigenvalue weighted by molar-refractivity contribution is 7.16. The van der Waals surface area contributed by atoms with Gasteiger partial charge in [-0.05, 0) is 32.1 Å². The highest BCUT2D eigenvalue weighted by atomic mass is 35.5. The van der Waals surface area contributed by atoms with Crippen molar-refractivity contribution >= 4 is 29.0 Å². The fourth-order valence-electron chi connectivity index (χ4n) is 1.81. The fraction of sp³-hybridized carbons (Fsp3) is 0.615. The Balaban J connectivity index is 2.20. The first kappa shape index (κ1) is 19.1. The van der Waals surface area contributed by atoms with Gasteiger partial charge < -0.3 is 10.2 Å². The molecule has 22 heavy (non-hydrogen) atoms. The Hall–Kier alpha value is -0.990. The molecule has 9 heteroatoms. The fourth-order valence-corrected chi connectivity index (χ4v) is 2.95. The van der Waals surface area contributed by atoms with Gasteiger partial charge in [-0.2, -0.15) is 13.2 Å². The summed E-state index contributed by atoms with van der Waals surface area (Å²) < 4.78 is 37.1. The first-order chi connectivity index (χ1) is 10.2. The van der Waals surface area contributed by atoms with Crippen molar-refractivity contribution in [1.29, 1.82) is 0 Å². The van der Waals surface area contributed by atoms with E-state index in [4.69, 9.17) is 11.6 Å². The summed E-state index contributed by atoms with van der Waals surface area (Å²) in [6, 6.07) is 3.36. The van der Waals surface area contributed by atoms with Gasteiger partial charge in [0.15, 0.2) is 0 Å². The number of halogens is 4. The van der Waals surface area contributed by atoms with Crippen molar-refractivity contribution in [2.24, 2.45) is 0 Å². The monoisotopic (exact) mass is 357 g/mol. The number of alkyl halides is 3. The Bertz CT molecular complexity index is 481. The lowest BCUT2D eigenvalue weighted by molar-refractivity contribution is -0.143. The summed E-state index contributed by atoms with van der Waals surface area (Å²) in [7, 11) is 3.06. The zero-order chi connectivity index (χ0) is 16.8. The van der Waals surface area contributed by atoms with Crippen LogP contribution >= 0.6 is 22.9 Å². The van der Waals surface area contributed by atoms with Gasteiger partial charge >= 0.3 is 12.2 Å². The zero-order valence-corrected chi connectivity index (χ0v) is 14.0. The van der Waals surface area contributed by atoms with E-state index in [0.29, 0.717) is 23.8 Å². The molecule has 0 saturated carbocycles. The number of carbonyl (C=O) groups excluding carboxylic acids is 1. The minimum atomic E-state index is -4.19. The van der Waals surface area contributed by atoms with Crippen LogP contribution in [-0.4, -0.2) is 55.7 Å². The molecule has 126 valence electrons. The van der Waals surface area contributed by atoms with Crippen LogP contribution in [0.2, 0.25) is 4.34 Å². The van der Waals surface area contributed by atoms with Crippen LogP contribution in [0.3, 0.4) is 0 Å². The molecule has 0 unspecified atom stereocenters. The van der Waals surface area contributed by atoms with Crippen molar-refractivity contribution in [2.75, 3.05) is 33.7 Å². The largest absolute Gasteiger partial charge is 0.401 e. The van der Waals surface area contributed by atoms with Gasteiger partial charge in [-0.3, -0.25) is 4.90 Å². The minimum absolute atomic E-state index is 0.261. The second kappa shape index (κ2) is 8.59. The van der Waals surface area contributed by atoms with E-state index in [0.717, 1.165) is 4.88 Å². The average molecular weight is 358 g/mol. The van der Waals surface area contributed by atoms with Crippen molar-refractivity contribution < 1.29 is 18.0 Å². The molecular formula is C13H19ClF3N3OS. The van der Waals surface area contributed by atoms with Gasteiger partial charge in [0, 0.05) is 18.5 Å². The molecule has 0 spiro atoms. The van der Waals surface area contributed by atoms with E-state index >= 15 is 0 Å². The molecule has 4 nitrogen and oxygen atoms in total. The Labute approximate surface area is 136 Å². The number of carbonyl (C=O) groups is 1. The normalized spacial score (nSPS) is 11.8. The zero-order valence-electron chi connectivity index (χ0n) is 12.4. The summed E-state index contributed by atoms with van der Waals surface area (Å²) in [4.78, 5) is 15.5. The lowest BCUT2D eigenvalue weighted by atomic mass is 10.4. The maximum Gasteiger partial charge on any atom is 0.401 e. The van der Waals surface area contributed by atoms with E-state index in [1.54, 1.807) is 13.1 Å². The van der Waals surface area contributed by atoms with Crippen molar-refractivity contribution in [3.8, 4) is 0 Å². The third kappa shape index (κ3) is 7.86. The molecule has 0 aliphatic carbocycles. The van der Waals surface area contributed by atoms with Gasteiger partial charge in [-0.1, -0.05) is 11.6 Å². The lowest BCUT2D eigenvalue weighted by Crippen LogP contribution is -2.38. The van der Waals surface area contributed by atoms with Crippen molar-refractivity contribution in [3.63, 3.8) is 0 Å². The standard InChI is InChI=1S/C13H19ClF3N3OS/c1-19(9-13(15,16)17)7-3-6-18-12(21)20(2)8-10-4-5-11(14)22-10/h4-5H,3,6-9H2,1-2H3,(H,18,21). The molecule has 1 aromatic heterocycles. The van der Waals surface area contributed by atoms with E-state index < -0.39 is 12.7 Å². The smallest absolute Gasteiger partial charge is 0.338 e. The van der Waals surface area contributed by atoms with Gasteiger partial charge in [0.1, 0.15) is 0 Å². The molecule has 0 saturated heterocycles. The molecule has 1 N–H and O–H groups in total. The van der Waals surface area contributed by atoms with E-state index in [9.17, 15) is 18.0 Å². The van der Waals surface area contributed by atoms with Crippen LogP contribution in [0.15, 0.2) is 12.1 Å². The molecule has 0 aliphatic heterocycles. The summed E-state index contributed by atoms with van der Waals surface area (Å²) in [5.74, 6) is 0. The van der Waals surface area contributed by atoms with E-state index in [1.165, 1.54) is 28.2 Å². The van der Waals surface area contributed by atoms with Crippen LogP contribution in [-0.2, 0) is 6.54 Å². The van der Waals surface area contributed by atoms with Crippen LogP contribution < -0.4 is 5.32 Å². The number of amides is 2. The number of urea groups is 1. The van der Waals surface area contributed by atoms with Crippen LogP contribution in [0.5, 0.6) is 0 Å². The van der Waals surface area contributed by atoms with E-state index in [2.05, 4.69) is 5.32 Å². The summed E-state index contributed by atoms with van der Waals surface area (Å²) >= 11 is 7.22. The lowest BCUT2D eigenvalue weighted by Gasteiger charge is -2.20. The SMILES string of the molecule is CN(CCCNC(=O)N(C)Cc1ccc(Cl)s1)CC(F)(F)F. The molecule has 1 rings (SSSR count). The van der Waals surface area contributed by atoms with Crippen LogP contribution in [0.25, 0.3) is 0 Å². The first-order valence-corrected chi connectivity index (χ1v) is 7.85. The number of hydrogen-bond donors (Lipinski definition) is 1. The number of thiophene rings is 1. The third-order valence-electron chi connectivity index (χ3n) is 2.81. The molecule has 2 amide bonds. The number of hydrogen-bond acceptors (Lipinski definition) is 3. The Morgan fingerprint density at radius 1 is 1.36 bits per heavy atom. The predicted octanol–water partition coefficient (Wildman–Crippen LogP) is 3.43. The van der Waals surface area contributed by atoms with Gasteiger partial charge in [0.05, 0.1) is 17.4 Å². The summed E-state index contributed by atoms with van der Waals surface area (Å²) in [6.45, 7) is 0.0950. The second-order valence-electron chi connectivity index (χ2n) is 5.00. The third-order valence-corrected chi connectivity index (χ3v) is 4.03. The van der Waals surface area contributed by atoms with Crippen molar-refractivity contribution in [1.82, 2.24) is 15.1 Å². The molecule has 0 atom stereocenters. The Morgan fingerprint density at radius 2 is 2.05 bits per heavy atom. The molecule has 1 aromatic rings. The predicted molar refractivity (Wildman–Crippen MR) is 82.4 cm³/mol.